The maximum atomic E-state index is 13.2. The third kappa shape index (κ3) is 2.69. The number of H-pyrrole nitrogens is 1. The summed E-state index contributed by atoms with van der Waals surface area (Å²) >= 11 is 0. The summed E-state index contributed by atoms with van der Waals surface area (Å²) in [5.74, 6) is -0.0542. The lowest BCUT2D eigenvalue weighted by molar-refractivity contribution is 0.0594. The summed E-state index contributed by atoms with van der Waals surface area (Å²) in [4.78, 5) is 32.9. The van der Waals surface area contributed by atoms with Crippen LogP contribution in [0.3, 0.4) is 0 Å². The van der Waals surface area contributed by atoms with Gasteiger partial charge in [-0.15, -0.1) is 0 Å². The van der Waals surface area contributed by atoms with Crippen molar-refractivity contribution in [2.45, 2.75) is 44.9 Å². The first-order chi connectivity index (χ1) is 13.5. The molecule has 1 unspecified atom stereocenters. The summed E-state index contributed by atoms with van der Waals surface area (Å²) < 4.78 is 1.87. The van der Waals surface area contributed by atoms with Gasteiger partial charge in [-0.25, -0.2) is 0 Å². The summed E-state index contributed by atoms with van der Waals surface area (Å²) in [6.07, 6.45) is 3.78. The Kier molecular flexibility index (Phi) is 3.79. The standard InChI is InChI=1S/C21H23N5O2/c1-13-11-26-19(16(10-22-26)20(27)24(2)15-7-8-15)12-25(13)21(28)18-9-14-5-3-4-6-17(14)23-18/h3-6,9-10,13,15,23H,7-8,11-12H2,1-2H3. The van der Waals surface area contributed by atoms with E-state index in [0.717, 1.165) is 29.4 Å². The minimum absolute atomic E-state index is 0.00341. The first-order valence-corrected chi connectivity index (χ1v) is 9.73. The van der Waals surface area contributed by atoms with Gasteiger partial charge in [0.25, 0.3) is 11.8 Å². The van der Waals surface area contributed by atoms with Crippen LogP contribution < -0.4 is 0 Å². The van der Waals surface area contributed by atoms with Crippen molar-refractivity contribution >= 4 is 22.7 Å². The smallest absolute Gasteiger partial charge is 0.270 e. The predicted molar refractivity (Wildman–Crippen MR) is 105 cm³/mol. The molecule has 0 radical (unpaired) electrons. The van der Waals surface area contributed by atoms with Gasteiger partial charge in [-0.05, 0) is 31.9 Å². The van der Waals surface area contributed by atoms with Gasteiger partial charge in [0.2, 0.25) is 0 Å². The molecule has 144 valence electrons. The molecule has 1 fully saturated rings. The van der Waals surface area contributed by atoms with Crippen LogP contribution in [0.15, 0.2) is 36.5 Å². The number of hydrogen-bond donors (Lipinski definition) is 1. The number of aromatic amines is 1. The first kappa shape index (κ1) is 17.0. The molecule has 2 amide bonds. The van der Waals surface area contributed by atoms with Crippen molar-refractivity contribution in [2.24, 2.45) is 0 Å². The number of amides is 2. The van der Waals surface area contributed by atoms with Crippen molar-refractivity contribution in [2.75, 3.05) is 7.05 Å². The molecule has 2 aliphatic rings. The van der Waals surface area contributed by atoms with E-state index in [9.17, 15) is 9.59 Å². The second kappa shape index (κ2) is 6.22. The summed E-state index contributed by atoms with van der Waals surface area (Å²) in [5, 5.41) is 5.43. The number of nitrogens with one attached hydrogen (secondary N) is 1. The number of carbonyl (C=O) groups excluding carboxylic acids is 2. The van der Waals surface area contributed by atoms with Crippen LogP contribution in [0.5, 0.6) is 0 Å². The Morgan fingerprint density at radius 2 is 2.04 bits per heavy atom. The molecular formula is C21H23N5O2. The third-order valence-corrected chi connectivity index (χ3v) is 5.90. The highest BCUT2D eigenvalue weighted by molar-refractivity contribution is 5.99. The molecule has 3 heterocycles. The lowest BCUT2D eigenvalue weighted by atomic mass is 10.1. The number of para-hydroxylation sites is 1. The van der Waals surface area contributed by atoms with Crippen LogP contribution in [0.1, 0.15) is 46.3 Å². The maximum Gasteiger partial charge on any atom is 0.270 e. The maximum absolute atomic E-state index is 13.2. The third-order valence-electron chi connectivity index (χ3n) is 5.90. The van der Waals surface area contributed by atoms with Gasteiger partial charge in [0, 0.05) is 30.0 Å². The number of hydrogen-bond acceptors (Lipinski definition) is 3. The zero-order chi connectivity index (χ0) is 19.4. The molecule has 0 spiro atoms. The fourth-order valence-corrected chi connectivity index (χ4v) is 4.01. The van der Waals surface area contributed by atoms with Crippen LogP contribution in [-0.4, -0.2) is 55.5 Å². The highest BCUT2D eigenvalue weighted by Gasteiger charge is 2.35. The Balaban J connectivity index is 1.44. The van der Waals surface area contributed by atoms with E-state index in [1.54, 1.807) is 11.1 Å². The largest absolute Gasteiger partial charge is 0.351 e. The zero-order valence-corrected chi connectivity index (χ0v) is 16.1. The minimum atomic E-state index is -0.0508. The second-order valence-corrected chi connectivity index (χ2v) is 7.89. The number of rotatable bonds is 3. The predicted octanol–water partition coefficient (Wildman–Crippen LogP) is 2.64. The average Bonchev–Trinajstić information content (AvgIpc) is 3.33. The number of carbonyl (C=O) groups is 2. The first-order valence-electron chi connectivity index (χ1n) is 9.73. The van der Waals surface area contributed by atoms with Gasteiger partial charge in [0.1, 0.15) is 5.69 Å². The average molecular weight is 377 g/mol. The molecule has 1 aromatic carbocycles. The summed E-state index contributed by atoms with van der Waals surface area (Å²) in [7, 11) is 1.85. The van der Waals surface area contributed by atoms with Gasteiger partial charge in [-0.2, -0.15) is 5.10 Å². The van der Waals surface area contributed by atoms with Crippen LogP contribution in [0.2, 0.25) is 0 Å². The van der Waals surface area contributed by atoms with E-state index < -0.39 is 0 Å². The van der Waals surface area contributed by atoms with Crippen molar-refractivity contribution < 1.29 is 9.59 Å². The van der Waals surface area contributed by atoms with Gasteiger partial charge in [-0.1, -0.05) is 18.2 Å². The topological polar surface area (TPSA) is 74.2 Å². The SMILES string of the molecule is CC1Cn2ncc(C(=O)N(C)C3CC3)c2CN1C(=O)c1cc2ccccc2[nH]1. The Labute approximate surface area is 162 Å². The fourth-order valence-electron chi connectivity index (χ4n) is 4.01. The van der Waals surface area contributed by atoms with Crippen LogP contribution in [0, 0.1) is 0 Å². The molecule has 28 heavy (non-hydrogen) atoms. The lowest BCUT2D eigenvalue weighted by Crippen LogP contribution is -2.45. The van der Waals surface area contributed by atoms with Gasteiger partial charge in [0.15, 0.2) is 0 Å². The highest BCUT2D eigenvalue weighted by atomic mass is 16.2. The molecule has 1 aliphatic carbocycles. The van der Waals surface area contributed by atoms with Gasteiger partial charge in [-0.3, -0.25) is 14.3 Å². The molecule has 2 aromatic heterocycles. The molecule has 3 aromatic rings. The molecule has 1 aliphatic heterocycles. The molecule has 0 bridgehead atoms. The van der Waals surface area contributed by atoms with Crippen molar-refractivity contribution in [3.05, 3.63) is 53.5 Å². The van der Waals surface area contributed by atoms with Crippen molar-refractivity contribution in [1.82, 2.24) is 24.6 Å². The Hall–Kier alpha value is -3.09. The summed E-state index contributed by atoms with van der Waals surface area (Å²) in [5.41, 5.74) is 2.95. The van der Waals surface area contributed by atoms with E-state index in [0.29, 0.717) is 30.4 Å². The van der Waals surface area contributed by atoms with Gasteiger partial charge < -0.3 is 14.8 Å². The summed E-state index contributed by atoms with van der Waals surface area (Å²) in [6, 6.07) is 10.1. The molecule has 1 atom stereocenters. The summed E-state index contributed by atoms with van der Waals surface area (Å²) in [6.45, 7) is 2.99. The van der Waals surface area contributed by atoms with Crippen LogP contribution >= 0.6 is 0 Å². The van der Waals surface area contributed by atoms with E-state index >= 15 is 0 Å². The molecule has 7 heteroatoms. The van der Waals surface area contributed by atoms with Crippen molar-refractivity contribution in [1.29, 1.82) is 0 Å². The number of aromatic nitrogens is 3. The zero-order valence-electron chi connectivity index (χ0n) is 16.1. The molecule has 5 rings (SSSR count). The second-order valence-electron chi connectivity index (χ2n) is 7.89. The molecule has 1 saturated carbocycles. The monoisotopic (exact) mass is 377 g/mol. The van der Waals surface area contributed by atoms with Crippen LogP contribution in [0.25, 0.3) is 10.9 Å². The lowest BCUT2D eigenvalue weighted by Gasteiger charge is -2.34. The van der Waals surface area contributed by atoms with E-state index in [4.69, 9.17) is 0 Å². The Morgan fingerprint density at radius 1 is 1.25 bits per heavy atom. The highest BCUT2D eigenvalue weighted by Crippen LogP contribution is 2.29. The number of nitrogens with zero attached hydrogens (tertiary/aromatic N) is 4. The fraction of sp³-hybridized carbons (Fsp3) is 0.381. The Bertz CT molecular complexity index is 1040. The van der Waals surface area contributed by atoms with Gasteiger partial charge >= 0.3 is 0 Å². The van der Waals surface area contributed by atoms with Crippen LogP contribution in [-0.2, 0) is 13.1 Å². The minimum Gasteiger partial charge on any atom is -0.351 e. The van der Waals surface area contributed by atoms with Crippen LogP contribution in [0.4, 0.5) is 0 Å². The van der Waals surface area contributed by atoms with Gasteiger partial charge in [0.05, 0.1) is 30.5 Å². The number of fused-ring (bicyclic) bond motifs is 2. The molecular weight excluding hydrogens is 354 g/mol. The molecule has 0 saturated heterocycles. The quantitative estimate of drug-likeness (QED) is 0.763. The van der Waals surface area contributed by atoms with Crippen molar-refractivity contribution in [3.63, 3.8) is 0 Å². The van der Waals surface area contributed by atoms with E-state index in [1.807, 2.05) is 53.9 Å². The number of benzene rings is 1. The normalized spacial score (nSPS) is 18.9. The molecule has 7 nitrogen and oxygen atoms in total. The van der Waals surface area contributed by atoms with E-state index in [1.165, 1.54) is 0 Å². The van der Waals surface area contributed by atoms with Crippen molar-refractivity contribution in [3.8, 4) is 0 Å². The Morgan fingerprint density at radius 3 is 2.79 bits per heavy atom. The molecule has 1 N–H and O–H groups in total. The van der Waals surface area contributed by atoms with E-state index in [2.05, 4.69) is 10.1 Å². The van der Waals surface area contributed by atoms with E-state index in [-0.39, 0.29) is 17.9 Å².